The van der Waals surface area contributed by atoms with Crippen molar-refractivity contribution in [2.75, 3.05) is 5.32 Å². The van der Waals surface area contributed by atoms with Crippen LogP contribution in [0.5, 0.6) is 0 Å². The van der Waals surface area contributed by atoms with Crippen LogP contribution in [0.25, 0.3) is 44.2 Å². The van der Waals surface area contributed by atoms with E-state index in [4.69, 9.17) is 0 Å². The van der Waals surface area contributed by atoms with Crippen LogP contribution in [0.4, 0.5) is 11.4 Å². The molecule has 7 rings (SSSR count). The smallest absolute Gasteiger partial charge is 0.0387 e. The third-order valence-corrected chi connectivity index (χ3v) is 8.07. The maximum absolute atomic E-state index is 3.65. The van der Waals surface area contributed by atoms with E-state index in [1.54, 1.807) is 0 Å². The highest BCUT2D eigenvalue weighted by atomic mass is 14.9. The number of hydrogen-bond donors (Lipinski definition) is 1. The summed E-state index contributed by atoms with van der Waals surface area (Å²) in [5, 5.41) is 6.19. The first kappa shape index (κ1) is 22.6. The van der Waals surface area contributed by atoms with E-state index in [0.717, 1.165) is 11.4 Å². The van der Waals surface area contributed by atoms with Crippen molar-refractivity contribution in [2.24, 2.45) is 0 Å². The highest BCUT2D eigenvalue weighted by Gasteiger charge is 2.35. The van der Waals surface area contributed by atoms with E-state index in [2.05, 4.69) is 153 Å². The summed E-state index contributed by atoms with van der Waals surface area (Å²) in [6, 6.07) is 48.2. The van der Waals surface area contributed by atoms with Crippen LogP contribution in [-0.2, 0) is 5.41 Å². The van der Waals surface area contributed by atoms with Gasteiger partial charge in [-0.15, -0.1) is 0 Å². The van der Waals surface area contributed by atoms with Gasteiger partial charge in [-0.2, -0.15) is 0 Å². The second-order valence-electron chi connectivity index (χ2n) is 10.7. The minimum Gasteiger partial charge on any atom is -0.356 e. The quantitative estimate of drug-likeness (QED) is 0.261. The number of anilines is 2. The fraction of sp³-hybridized carbons (Fsp3) is 0.0811. The minimum absolute atomic E-state index is 0.00120. The monoisotopic (exact) mass is 487 g/mol. The van der Waals surface area contributed by atoms with Gasteiger partial charge in [0.25, 0.3) is 0 Å². The number of rotatable bonds is 4. The Kier molecular flexibility index (Phi) is 5.19. The molecule has 0 aromatic heterocycles. The number of benzene rings is 6. The molecular formula is C37H29N. The minimum atomic E-state index is -0.00120. The predicted molar refractivity (Wildman–Crippen MR) is 162 cm³/mol. The first-order valence-electron chi connectivity index (χ1n) is 13.3. The summed E-state index contributed by atoms with van der Waals surface area (Å²) in [6.07, 6.45) is 0. The zero-order valence-electron chi connectivity index (χ0n) is 21.7. The van der Waals surface area contributed by atoms with Crippen molar-refractivity contribution in [2.45, 2.75) is 19.3 Å². The summed E-state index contributed by atoms with van der Waals surface area (Å²) in [5.74, 6) is 0. The van der Waals surface area contributed by atoms with E-state index in [0.29, 0.717) is 0 Å². The third kappa shape index (κ3) is 3.63. The average molecular weight is 488 g/mol. The summed E-state index contributed by atoms with van der Waals surface area (Å²) in [7, 11) is 0. The lowest BCUT2D eigenvalue weighted by molar-refractivity contribution is 0.660. The lowest BCUT2D eigenvalue weighted by atomic mass is 9.82. The summed E-state index contributed by atoms with van der Waals surface area (Å²) >= 11 is 0. The molecule has 0 radical (unpaired) electrons. The molecule has 0 heterocycles. The SMILES string of the molecule is CC1(C)c2ccccc2-c2ccc(Nc3ccc(-c4ccccc4-c4cccc5ccccc45)cc3)cc21. The fourth-order valence-electron chi connectivity index (χ4n) is 6.11. The summed E-state index contributed by atoms with van der Waals surface area (Å²) in [6.45, 7) is 4.65. The van der Waals surface area contributed by atoms with Gasteiger partial charge in [0.15, 0.2) is 0 Å². The Labute approximate surface area is 224 Å². The molecule has 6 aromatic carbocycles. The third-order valence-electron chi connectivity index (χ3n) is 8.07. The van der Waals surface area contributed by atoms with E-state index < -0.39 is 0 Å². The van der Waals surface area contributed by atoms with Crippen LogP contribution in [0, 0.1) is 0 Å². The standard InChI is InChI=1S/C37H29N/c1-37(2)35-17-8-7-15-33(35)34-23-22-28(24-36(34)37)38-27-20-18-26(19-21-27)30-13-5-6-14-31(30)32-16-9-11-25-10-3-4-12-29(25)32/h3-24,38H,1-2H3. The molecule has 182 valence electrons. The van der Waals surface area contributed by atoms with Gasteiger partial charge in [-0.05, 0) is 79.5 Å². The lowest BCUT2D eigenvalue weighted by Gasteiger charge is -2.22. The van der Waals surface area contributed by atoms with Gasteiger partial charge in [-0.1, -0.05) is 123 Å². The van der Waals surface area contributed by atoms with Crippen molar-refractivity contribution in [3.63, 3.8) is 0 Å². The Bertz CT molecular complexity index is 1800. The zero-order chi connectivity index (χ0) is 25.7. The van der Waals surface area contributed by atoms with E-state index >= 15 is 0 Å². The van der Waals surface area contributed by atoms with E-state index in [1.165, 1.54) is 55.3 Å². The van der Waals surface area contributed by atoms with Crippen molar-refractivity contribution in [3.8, 4) is 33.4 Å². The molecule has 0 spiro atoms. The molecule has 0 aliphatic heterocycles. The average Bonchev–Trinajstić information content (AvgIpc) is 3.19. The molecule has 38 heavy (non-hydrogen) atoms. The highest BCUT2D eigenvalue weighted by molar-refractivity contribution is 6.00. The molecular weight excluding hydrogens is 458 g/mol. The Hall–Kier alpha value is -4.62. The summed E-state index contributed by atoms with van der Waals surface area (Å²) in [4.78, 5) is 0. The molecule has 1 heteroatoms. The zero-order valence-corrected chi connectivity index (χ0v) is 21.7. The van der Waals surface area contributed by atoms with Gasteiger partial charge in [-0.3, -0.25) is 0 Å². The number of hydrogen-bond acceptors (Lipinski definition) is 1. The van der Waals surface area contributed by atoms with E-state index in [-0.39, 0.29) is 5.41 Å². The normalized spacial score (nSPS) is 13.2. The molecule has 0 saturated carbocycles. The Morgan fingerprint density at radius 3 is 1.89 bits per heavy atom. The van der Waals surface area contributed by atoms with Crippen LogP contribution in [0.1, 0.15) is 25.0 Å². The van der Waals surface area contributed by atoms with Crippen LogP contribution >= 0.6 is 0 Å². The van der Waals surface area contributed by atoms with Gasteiger partial charge in [0.2, 0.25) is 0 Å². The van der Waals surface area contributed by atoms with Gasteiger partial charge in [-0.25, -0.2) is 0 Å². The number of fused-ring (bicyclic) bond motifs is 4. The van der Waals surface area contributed by atoms with Crippen molar-refractivity contribution in [1.29, 1.82) is 0 Å². The Morgan fingerprint density at radius 2 is 1.05 bits per heavy atom. The molecule has 1 aliphatic carbocycles. The second kappa shape index (κ2) is 8.75. The van der Waals surface area contributed by atoms with Crippen molar-refractivity contribution >= 4 is 22.1 Å². The van der Waals surface area contributed by atoms with Crippen molar-refractivity contribution < 1.29 is 0 Å². The maximum Gasteiger partial charge on any atom is 0.0387 e. The van der Waals surface area contributed by atoms with Gasteiger partial charge < -0.3 is 5.32 Å². The molecule has 1 nitrogen and oxygen atoms in total. The Morgan fingerprint density at radius 1 is 0.447 bits per heavy atom. The number of nitrogens with one attached hydrogen (secondary N) is 1. The van der Waals surface area contributed by atoms with Crippen molar-refractivity contribution in [3.05, 3.63) is 145 Å². The first-order chi connectivity index (χ1) is 18.6. The van der Waals surface area contributed by atoms with Crippen LogP contribution < -0.4 is 5.32 Å². The van der Waals surface area contributed by atoms with Gasteiger partial charge in [0.05, 0.1) is 0 Å². The van der Waals surface area contributed by atoms with Gasteiger partial charge in [0.1, 0.15) is 0 Å². The van der Waals surface area contributed by atoms with Crippen molar-refractivity contribution in [1.82, 2.24) is 0 Å². The molecule has 1 N–H and O–H groups in total. The second-order valence-corrected chi connectivity index (χ2v) is 10.7. The topological polar surface area (TPSA) is 12.0 Å². The van der Waals surface area contributed by atoms with Crippen LogP contribution in [0.3, 0.4) is 0 Å². The molecule has 0 unspecified atom stereocenters. The van der Waals surface area contributed by atoms with Crippen LogP contribution in [-0.4, -0.2) is 0 Å². The molecule has 1 aliphatic rings. The summed E-state index contributed by atoms with van der Waals surface area (Å²) in [5.41, 5.74) is 12.7. The van der Waals surface area contributed by atoms with E-state index in [9.17, 15) is 0 Å². The van der Waals surface area contributed by atoms with Crippen LogP contribution in [0.15, 0.2) is 133 Å². The molecule has 6 aromatic rings. The van der Waals surface area contributed by atoms with Gasteiger partial charge >= 0.3 is 0 Å². The van der Waals surface area contributed by atoms with Gasteiger partial charge in [0, 0.05) is 16.8 Å². The Balaban J connectivity index is 1.20. The van der Waals surface area contributed by atoms with E-state index in [1.807, 2.05) is 0 Å². The first-order valence-corrected chi connectivity index (χ1v) is 13.3. The fourth-order valence-corrected chi connectivity index (χ4v) is 6.11. The highest BCUT2D eigenvalue weighted by Crippen LogP contribution is 2.49. The maximum atomic E-state index is 3.65. The van der Waals surface area contributed by atoms with Crippen LogP contribution in [0.2, 0.25) is 0 Å². The molecule has 0 amide bonds. The molecule has 0 saturated heterocycles. The molecule has 0 bridgehead atoms. The lowest BCUT2D eigenvalue weighted by Crippen LogP contribution is -2.15. The summed E-state index contributed by atoms with van der Waals surface area (Å²) < 4.78 is 0. The largest absolute Gasteiger partial charge is 0.356 e. The predicted octanol–water partition coefficient (Wildman–Crippen LogP) is 10.2. The molecule has 0 atom stereocenters. The molecule has 0 fully saturated rings.